The largest absolute Gasteiger partial charge is 0.496 e. The van der Waals surface area contributed by atoms with E-state index in [1.165, 1.54) is 5.56 Å². The SMILES string of the molecule is COc1ccccc1CC(N)C(C)(C)c1ccccc1. The van der Waals surface area contributed by atoms with E-state index < -0.39 is 0 Å². The van der Waals surface area contributed by atoms with Crippen molar-refractivity contribution in [2.24, 2.45) is 5.73 Å². The van der Waals surface area contributed by atoms with E-state index in [2.05, 4.69) is 44.2 Å². The number of hydrogen-bond acceptors (Lipinski definition) is 2. The fourth-order valence-corrected chi connectivity index (χ4v) is 2.45. The zero-order valence-electron chi connectivity index (χ0n) is 12.5. The van der Waals surface area contributed by atoms with E-state index in [9.17, 15) is 0 Å². The number of hydrogen-bond donors (Lipinski definition) is 1. The van der Waals surface area contributed by atoms with Gasteiger partial charge in [-0.05, 0) is 23.6 Å². The third kappa shape index (κ3) is 3.02. The Morgan fingerprint density at radius 2 is 1.60 bits per heavy atom. The van der Waals surface area contributed by atoms with Crippen LogP contribution < -0.4 is 10.5 Å². The van der Waals surface area contributed by atoms with Crippen molar-refractivity contribution >= 4 is 0 Å². The third-order valence-corrected chi connectivity index (χ3v) is 4.08. The molecule has 2 rings (SSSR count). The van der Waals surface area contributed by atoms with Gasteiger partial charge in [-0.2, -0.15) is 0 Å². The van der Waals surface area contributed by atoms with Crippen LogP contribution in [0.1, 0.15) is 25.0 Å². The third-order valence-electron chi connectivity index (χ3n) is 4.08. The van der Waals surface area contributed by atoms with Crippen LogP contribution >= 0.6 is 0 Å². The number of para-hydroxylation sites is 1. The first kappa shape index (κ1) is 14.6. The molecule has 2 aromatic carbocycles. The molecule has 1 unspecified atom stereocenters. The second kappa shape index (κ2) is 6.10. The van der Waals surface area contributed by atoms with Crippen molar-refractivity contribution in [2.75, 3.05) is 7.11 Å². The molecule has 0 fully saturated rings. The maximum absolute atomic E-state index is 6.48. The standard InChI is InChI=1S/C18H23NO/c1-18(2,15-10-5-4-6-11-15)17(19)13-14-9-7-8-12-16(14)20-3/h4-12,17H,13,19H2,1-3H3. The van der Waals surface area contributed by atoms with Gasteiger partial charge in [0.2, 0.25) is 0 Å². The Morgan fingerprint density at radius 1 is 1.00 bits per heavy atom. The molecule has 2 heteroatoms. The van der Waals surface area contributed by atoms with E-state index in [-0.39, 0.29) is 11.5 Å². The second-order valence-electron chi connectivity index (χ2n) is 5.71. The number of methoxy groups -OCH3 is 1. The van der Waals surface area contributed by atoms with Gasteiger partial charge in [-0.1, -0.05) is 62.4 Å². The van der Waals surface area contributed by atoms with Crippen LogP contribution in [0, 0.1) is 0 Å². The van der Waals surface area contributed by atoms with E-state index in [1.807, 2.05) is 24.3 Å². The van der Waals surface area contributed by atoms with Crippen LogP contribution in [0.5, 0.6) is 5.75 Å². The monoisotopic (exact) mass is 269 g/mol. The molecular formula is C18H23NO. The lowest BCUT2D eigenvalue weighted by molar-refractivity contribution is 0.385. The van der Waals surface area contributed by atoms with E-state index in [4.69, 9.17) is 10.5 Å². The summed E-state index contributed by atoms with van der Waals surface area (Å²) in [4.78, 5) is 0. The van der Waals surface area contributed by atoms with Gasteiger partial charge in [0.15, 0.2) is 0 Å². The second-order valence-corrected chi connectivity index (χ2v) is 5.71. The summed E-state index contributed by atoms with van der Waals surface area (Å²) in [5.41, 5.74) is 8.83. The van der Waals surface area contributed by atoms with E-state index in [1.54, 1.807) is 7.11 Å². The lowest BCUT2D eigenvalue weighted by Gasteiger charge is -2.32. The summed E-state index contributed by atoms with van der Waals surface area (Å²) < 4.78 is 5.41. The van der Waals surface area contributed by atoms with Gasteiger partial charge in [0, 0.05) is 11.5 Å². The molecule has 0 saturated carbocycles. The molecule has 0 aromatic heterocycles. The van der Waals surface area contributed by atoms with Crippen molar-refractivity contribution in [3.05, 3.63) is 65.7 Å². The highest BCUT2D eigenvalue weighted by molar-refractivity contribution is 5.35. The van der Waals surface area contributed by atoms with Crippen molar-refractivity contribution in [1.29, 1.82) is 0 Å². The number of benzene rings is 2. The minimum atomic E-state index is -0.0812. The van der Waals surface area contributed by atoms with Gasteiger partial charge in [0.1, 0.15) is 5.75 Å². The van der Waals surface area contributed by atoms with Crippen molar-refractivity contribution in [1.82, 2.24) is 0 Å². The predicted molar refractivity (Wildman–Crippen MR) is 84.1 cm³/mol. The molecule has 2 N–H and O–H groups in total. The van der Waals surface area contributed by atoms with E-state index in [0.29, 0.717) is 0 Å². The molecule has 2 aromatic rings. The molecule has 1 atom stereocenters. The molecule has 20 heavy (non-hydrogen) atoms. The van der Waals surface area contributed by atoms with Gasteiger partial charge < -0.3 is 10.5 Å². The molecule has 0 spiro atoms. The summed E-state index contributed by atoms with van der Waals surface area (Å²) in [6.07, 6.45) is 0.798. The van der Waals surface area contributed by atoms with Crippen LogP contribution in [0.3, 0.4) is 0 Å². The smallest absolute Gasteiger partial charge is 0.122 e. The first-order valence-corrected chi connectivity index (χ1v) is 6.98. The summed E-state index contributed by atoms with van der Waals surface area (Å²) in [6, 6.07) is 18.5. The first-order chi connectivity index (χ1) is 9.55. The number of rotatable bonds is 5. The van der Waals surface area contributed by atoms with Crippen LogP contribution in [-0.4, -0.2) is 13.2 Å². The van der Waals surface area contributed by atoms with Gasteiger partial charge in [0.05, 0.1) is 7.11 Å². The highest BCUT2D eigenvalue weighted by atomic mass is 16.5. The van der Waals surface area contributed by atoms with Crippen molar-refractivity contribution in [3.8, 4) is 5.75 Å². The van der Waals surface area contributed by atoms with Gasteiger partial charge in [-0.15, -0.1) is 0 Å². The van der Waals surface area contributed by atoms with Crippen LogP contribution in [0.25, 0.3) is 0 Å². The Morgan fingerprint density at radius 3 is 2.25 bits per heavy atom. The maximum atomic E-state index is 6.48. The summed E-state index contributed by atoms with van der Waals surface area (Å²) in [5, 5.41) is 0. The normalized spacial score (nSPS) is 13.0. The van der Waals surface area contributed by atoms with Crippen LogP contribution in [0.4, 0.5) is 0 Å². The van der Waals surface area contributed by atoms with Crippen LogP contribution in [0.2, 0.25) is 0 Å². The molecular weight excluding hydrogens is 246 g/mol. The molecule has 0 saturated heterocycles. The van der Waals surface area contributed by atoms with Crippen LogP contribution in [0.15, 0.2) is 54.6 Å². The molecule has 2 nitrogen and oxygen atoms in total. The highest BCUT2D eigenvalue weighted by Gasteiger charge is 2.28. The fraction of sp³-hybridized carbons (Fsp3) is 0.333. The average molecular weight is 269 g/mol. The fourth-order valence-electron chi connectivity index (χ4n) is 2.45. The first-order valence-electron chi connectivity index (χ1n) is 6.98. The average Bonchev–Trinajstić information content (AvgIpc) is 2.48. The Hall–Kier alpha value is -1.80. The predicted octanol–water partition coefficient (Wildman–Crippen LogP) is 3.54. The molecule has 0 radical (unpaired) electrons. The summed E-state index contributed by atoms with van der Waals surface area (Å²) in [5.74, 6) is 0.909. The number of ether oxygens (including phenoxy) is 1. The minimum Gasteiger partial charge on any atom is -0.496 e. The van der Waals surface area contributed by atoms with E-state index >= 15 is 0 Å². The Kier molecular flexibility index (Phi) is 4.46. The van der Waals surface area contributed by atoms with Crippen molar-refractivity contribution < 1.29 is 4.74 Å². The molecule has 0 bridgehead atoms. The summed E-state index contributed by atoms with van der Waals surface area (Å²) >= 11 is 0. The molecule has 0 aliphatic rings. The lowest BCUT2D eigenvalue weighted by atomic mass is 9.76. The minimum absolute atomic E-state index is 0.0289. The van der Waals surface area contributed by atoms with Crippen LogP contribution in [-0.2, 0) is 11.8 Å². The molecule has 0 aliphatic carbocycles. The highest BCUT2D eigenvalue weighted by Crippen LogP contribution is 2.29. The van der Waals surface area contributed by atoms with Crippen molar-refractivity contribution in [2.45, 2.75) is 31.7 Å². The lowest BCUT2D eigenvalue weighted by Crippen LogP contribution is -2.42. The van der Waals surface area contributed by atoms with Gasteiger partial charge in [-0.3, -0.25) is 0 Å². The quantitative estimate of drug-likeness (QED) is 0.901. The van der Waals surface area contributed by atoms with Gasteiger partial charge in [0.25, 0.3) is 0 Å². The molecule has 0 aliphatic heterocycles. The molecule has 0 amide bonds. The Bertz CT molecular complexity index is 548. The van der Waals surface area contributed by atoms with Crippen molar-refractivity contribution in [3.63, 3.8) is 0 Å². The zero-order chi connectivity index (χ0) is 14.6. The van der Waals surface area contributed by atoms with E-state index in [0.717, 1.165) is 17.7 Å². The number of nitrogens with two attached hydrogens (primary N) is 1. The van der Waals surface area contributed by atoms with Gasteiger partial charge in [-0.25, -0.2) is 0 Å². The Balaban J connectivity index is 2.21. The van der Waals surface area contributed by atoms with Gasteiger partial charge >= 0.3 is 0 Å². The Labute approximate surface area is 121 Å². The molecule has 106 valence electrons. The maximum Gasteiger partial charge on any atom is 0.122 e. The summed E-state index contributed by atoms with van der Waals surface area (Å²) in [6.45, 7) is 4.39. The zero-order valence-corrected chi connectivity index (χ0v) is 12.5. The summed E-state index contributed by atoms with van der Waals surface area (Å²) in [7, 11) is 1.70. The topological polar surface area (TPSA) is 35.2 Å². The molecule has 0 heterocycles.